The average Bonchev–Trinajstić information content (AvgIpc) is 3.17. The van der Waals surface area contributed by atoms with Gasteiger partial charge in [0.25, 0.3) is 0 Å². The fourth-order valence-corrected chi connectivity index (χ4v) is 15.8. The number of aliphatic hydroxyl groups excluding tert-OH is 1. The Hall–Kier alpha value is -1.11. The predicted molar refractivity (Wildman–Crippen MR) is 222 cm³/mol. The van der Waals surface area contributed by atoms with E-state index in [1.807, 2.05) is 41.5 Å². The first kappa shape index (κ1) is 56.0. The number of hydrogen-bond acceptors (Lipinski definition) is 14. The minimum Gasteiger partial charge on any atom is -0.460 e. The molecule has 1 amide bonds. The van der Waals surface area contributed by atoms with Gasteiger partial charge in [-0.05, 0) is 86.2 Å². The number of esters is 1. The van der Waals surface area contributed by atoms with E-state index in [9.17, 15) is 14.7 Å². The van der Waals surface area contributed by atoms with E-state index in [0.29, 0.717) is 52.1 Å². The molecule has 0 bridgehead atoms. The van der Waals surface area contributed by atoms with Crippen molar-refractivity contribution in [3.63, 3.8) is 0 Å². The predicted octanol–water partition coefficient (Wildman–Crippen LogP) is 5.42. The number of rotatable bonds is 30. The highest BCUT2D eigenvalue weighted by Gasteiger charge is 2.58. The Morgan fingerprint density at radius 2 is 1.31 bits per heavy atom. The van der Waals surface area contributed by atoms with E-state index in [1.165, 1.54) is 12.8 Å². The molecule has 0 aliphatic carbocycles. The zero-order valence-corrected chi connectivity index (χ0v) is 39.1. The molecule has 0 aromatic carbocycles. The van der Waals surface area contributed by atoms with Gasteiger partial charge in [0.2, 0.25) is 5.91 Å². The molecule has 2 unspecified atom stereocenters. The molecule has 1 fully saturated rings. The number of hydrogen-bond donors (Lipinski definition) is 3. The van der Waals surface area contributed by atoms with Crippen LogP contribution in [0.2, 0.25) is 18.1 Å². The van der Waals surface area contributed by atoms with E-state index in [4.69, 9.17) is 45.9 Å². The highest BCUT2D eigenvalue weighted by molar-refractivity contribution is 6.70. The highest BCUT2D eigenvalue weighted by atomic mass is 28.4. The third kappa shape index (κ3) is 22.0. The molecule has 55 heavy (non-hydrogen) atoms. The molecule has 15 nitrogen and oxygen atoms in total. The minimum absolute atomic E-state index is 0.00814. The number of methoxy groups -OCH3 is 1. The van der Waals surface area contributed by atoms with Crippen LogP contribution in [0.1, 0.15) is 106 Å². The highest BCUT2D eigenvalue weighted by Crippen LogP contribution is 2.42. The van der Waals surface area contributed by atoms with Gasteiger partial charge in [-0.15, -0.1) is 0 Å². The normalized spacial score (nSPS) is 17.2. The van der Waals surface area contributed by atoms with Gasteiger partial charge in [-0.1, -0.05) is 32.8 Å². The number of aliphatic hydroxyl groups is 1. The Morgan fingerprint density at radius 1 is 0.818 bits per heavy atom. The van der Waals surface area contributed by atoms with Crippen LogP contribution >= 0.6 is 0 Å². The third-order valence-corrected chi connectivity index (χ3v) is 19.6. The van der Waals surface area contributed by atoms with Gasteiger partial charge in [-0.3, -0.25) is 4.79 Å². The Bertz CT molecular complexity index is 931. The van der Waals surface area contributed by atoms with Gasteiger partial charge in [0.05, 0.1) is 0 Å². The Labute approximate surface area is 336 Å². The molecule has 1 saturated heterocycles. The Kier molecular flexibility index (Phi) is 34.4. The van der Waals surface area contributed by atoms with E-state index in [1.54, 1.807) is 21.3 Å². The van der Waals surface area contributed by atoms with Gasteiger partial charge in [-0.25, -0.2) is 4.79 Å². The molecule has 0 aromatic rings. The topological polar surface area (TPSA) is 185 Å². The number of carbonyl (C=O) groups excluding carboxylic acids is 2. The van der Waals surface area contributed by atoms with Crippen molar-refractivity contribution in [1.82, 2.24) is 5.32 Å². The lowest BCUT2D eigenvalue weighted by Gasteiger charge is -2.47. The lowest BCUT2D eigenvalue weighted by molar-refractivity contribution is -0.140. The molecule has 0 radical (unpaired) electrons. The lowest BCUT2D eigenvalue weighted by Crippen LogP contribution is -2.64. The molecule has 1 rings (SSSR count). The van der Waals surface area contributed by atoms with Crippen molar-refractivity contribution in [3.8, 4) is 0 Å². The second kappa shape index (κ2) is 33.8. The first-order valence-corrected chi connectivity index (χ1v) is 26.2. The van der Waals surface area contributed by atoms with Crippen molar-refractivity contribution in [2.75, 3.05) is 80.7 Å². The van der Waals surface area contributed by atoms with E-state index in [0.717, 1.165) is 56.8 Å². The fourth-order valence-electron chi connectivity index (χ4n) is 6.49. The summed E-state index contributed by atoms with van der Waals surface area (Å²) in [5.74, 6) is -0.823. The summed E-state index contributed by atoms with van der Waals surface area (Å²) in [6, 6.07) is 2.49. The Balaban J connectivity index is 0. The average molecular weight is 845 g/mol. The SMILES string of the molecule is C=CC(=O)OCC(O)CNC(=O)CCC[Si](OCC)(OCC)OCC.CCCC1(OC)CCCC[Si]1(OC)OC.CCO[Si](CCCCN)(OCC)OCC. The van der Waals surface area contributed by atoms with Crippen molar-refractivity contribution in [2.45, 2.75) is 136 Å². The smallest absolute Gasteiger partial charge is 0.460 e. The second-order valence-electron chi connectivity index (χ2n) is 12.7. The van der Waals surface area contributed by atoms with E-state index < -0.39 is 38.2 Å². The maximum atomic E-state index is 11.8. The van der Waals surface area contributed by atoms with Crippen LogP contribution in [-0.2, 0) is 54.5 Å². The van der Waals surface area contributed by atoms with Gasteiger partial charge in [-0.2, -0.15) is 0 Å². The number of nitrogens with one attached hydrogen (secondary N) is 1. The van der Waals surface area contributed by atoms with Crippen LogP contribution in [0, 0.1) is 0 Å². The van der Waals surface area contributed by atoms with Crippen LogP contribution in [0.4, 0.5) is 0 Å². The summed E-state index contributed by atoms with van der Waals surface area (Å²) in [5, 5.41) is 12.1. The maximum absolute atomic E-state index is 11.8. The largest absolute Gasteiger partial charge is 0.500 e. The van der Waals surface area contributed by atoms with E-state index in [2.05, 4.69) is 23.6 Å². The van der Waals surface area contributed by atoms with Gasteiger partial charge in [0.15, 0.2) is 0 Å². The number of carbonyl (C=O) groups is 2. The molecule has 0 aromatic heterocycles. The van der Waals surface area contributed by atoms with E-state index >= 15 is 0 Å². The van der Waals surface area contributed by atoms with Gasteiger partial charge < -0.3 is 61.0 Å². The van der Waals surface area contributed by atoms with Gasteiger partial charge in [0.1, 0.15) is 17.9 Å². The zero-order chi connectivity index (χ0) is 42.1. The molecule has 18 heteroatoms. The summed E-state index contributed by atoms with van der Waals surface area (Å²) in [5.41, 5.74) is 5.47. The first-order chi connectivity index (χ1) is 26.4. The molecule has 1 aliphatic heterocycles. The molecule has 1 heterocycles. The summed E-state index contributed by atoms with van der Waals surface area (Å²) in [7, 11) is -1.90. The zero-order valence-electron chi connectivity index (χ0n) is 36.1. The molecule has 2 atom stereocenters. The monoisotopic (exact) mass is 844 g/mol. The summed E-state index contributed by atoms with van der Waals surface area (Å²) in [6.07, 6.45) is 8.59. The molecular weight excluding hydrogens is 765 g/mol. The molecule has 4 N–H and O–H groups in total. The quantitative estimate of drug-likeness (QED) is 0.0360. The van der Waals surface area contributed by atoms with Crippen molar-refractivity contribution in [2.24, 2.45) is 5.73 Å². The van der Waals surface area contributed by atoms with Crippen LogP contribution in [-0.4, -0.2) is 135 Å². The van der Waals surface area contributed by atoms with Crippen LogP contribution < -0.4 is 11.1 Å². The number of amides is 1. The van der Waals surface area contributed by atoms with Gasteiger partial charge >= 0.3 is 32.1 Å². The molecule has 328 valence electrons. The summed E-state index contributed by atoms with van der Waals surface area (Å²) in [6.45, 7) is 21.0. The fraction of sp³-hybridized carbons (Fsp3) is 0.892. The van der Waals surface area contributed by atoms with Crippen molar-refractivity contribution < 1.29 is 59.6 Å². The molecule has 0 spiro atoms. The standard InChI is InChI=1S/C16H31NO7Si.C11H24O3Si.C10H25NO3Si/c1-5-16(20)21-13-14(18)12-17-15(19)10-9-11-25(22-6-2,23-7-3)24-8-4;1-5-8-11(12-2)9-6-7-10-15(11,13-3)14-4;1-4-12-15(13-5-2,14-6-3)10-8-7-9-11/h5,14,18H,1,6-13H2,2-4H3,(H,17,19);5-10H2,1-4H3;4-11H2,1-3H3. The molecule has 1 aliphatic rings. The van der Waals surface area contributed by atoms with Crippen molar-refractivity contribution >= 4 is 38.0 Å². The maximum Gasteiger partial charge on any atom is 0.500 e. The molecule has 0 saturated carbocycles. The van der Waals surface area contributed by atoms with Gasteiger partial charge in [0, 0.05) is 92.1 Å². The second-order valence-corrected chi connectivity index (χ2v) is 21.9. The van der Waals surface area contributed by atoms with Crippen molar-refractivity contribution in [1.29, 1.82) is 0 Å². The van der Waals surface area contributed by atoms with Crippen LogP contribution in [0.3, 0.4) is 0 Å². The van der Waals surface area contributed by atoms with Crippen LogP contribution in [0.25, 0.3) is 0 Å². The van der Waals surface area contributed by atoms with Crippen LogP contribution in [0.15, 0.2) is 12.7 Å². The number of unbranched alkanes of at least 4 members (excludes halogenated alkanes) is 1. The van der Waals surface area contributed by atoms with E-state index in [-0.39, 0.29) is 30.7 Å². The lowest BCUT2D eigenvalue weighted by atomic mass is 10.1. The molecular formula is C37H80N2O13Si3. The van der Waals surface area contributed by atoms with Crippen molar-refractivity contribution in [3.05, 3.63) is 12.7 Å². The number of nitrogens with two attached hydrogens (primary N) is 1. The summed E-state index contributed by atoms with van der Waals surface area (Å²) < 4.78 is 56.4. The summed E-state index contributed by atoms with van der Waals surface area (Å²) >= 11 is 0. The third-order valence-electron chi connectivity index (χ3n) is 8.86. The Morgan fingerprint density at radius 3 is 1.71 bits per heavy atom. The number of ether oxygens (including phenoxy) is 2. The minimum atomic E-state index is -2.73. The van der Waals surface area contributed by atoms with Crippen LogP contribution in [0.5, 0.6) is 0 Å². The summed E-state index contributed by atoms with van der Waals surface area (Å²) in [4.78, 5) is 22.7. The first-order valence-electron chi connectivity index (χ1n) is 20.3.